The van der Waals surface area contributed by atoms with Crippen molar-refractivity contribution in [2.75, 3.05) is 18.0 Å². The maximum absolute atomic E-state index is 11.2. The Bertz CT molecular complexity index is 1230. The van der Waals surface area contributed by atoms with E-state index in [0.717, 1.165) is 60.3 Å². The summed E-state index contributed by atoms with van der Waals surface area (Å²) < 4.78 is 1.78. The van der Waals surface area contributed by atoms with E-state index in [2.05, 4.69) is 32.5 Å². The second kappa shape index (κ2) is 7.57. The van der Waals surface area contributed by atoms with Gasteiger partial charge in [0.15, 0.2) is 5.82 Å². The van der Waals surface area contributed by atoms with Gasteiger partial charge in [-0.15, -0.1) is 5.10 Å². The van der Waals surface area contributed by atoms with Crippen LogP contribution in [0, 0.1) is 5.92 Å². The summed E-state index contributed by atoms with van der Waals surface area (Å²) in [7, 11) is 0. The standard InChI is InChI=1S/C22H26N8O/c1-12(31)25-11-13-6-8-14(9-7-13)21-27-18(19-20(23)28-22(24)29-30(19)21)17-10-15-4-2-3-5-16(15)26-17/h2-5,10,13-14,26H,6-9,11H2,1H3,(H,25,31)(H4,23,24,28,29). The van der Waals surface area contributed by atoms with Crippen molar-refractivity contribution in [2.45, 2.75) is 38.5 Å². The van der Waals surface area contributed by atoms with Crippen LogP contribution in [0.4, 0.5) is 11.8 Å². The first-order chi connectivity index (χ1) is 15.0. The number of nitrogens with one attached hydrogen (secondary N) is 2. The molecule has 1 aromatic carbocycles. The van der Waals surface area contributed by atoms with E-state index in [9.17, 15) is 4.79 Å². The molecule has 0 atom stereocenters. The molecule has 31 heavy (non-hydrogen) atoms. The number of nitrogens with zero attached hydrogens (tertiary/aromatic N) is 4. The van der Waals surface area contributed by atoms with Crippen LogP contribution in [0.15, 0.2) is 30.3 Å². The number of benzene rings is 1. The Balaban J connectivity index is 1.53. The molecule has 0 bridgehead atoms. The first-order valence-corrected chi connectivity index (χ1v) is 10.6. The van der Waals surface area contributed by atoms with Gasteiger partial charge in [-0.2, -0.15) is 4.98 Å². The molecule has 0 saturated heterocycles. The predicted octanol–water partition coefficient (Wildman–Crippen LogP) is 2.85. The van der Waals surface area contributed by atoms with E-state index in [1.807, 2.05) is 18.2 Å². The number of aromatic nitrogens is 5. The fourth-order valence-corrected chi connectivity index (χ4v) is 4.63. The number of amides is 1. The summed E-state index contributed by atoms with van der Waals surface area (Å²) in [4.78, 5) is 23.8. The van der Waals surface area contributed by atoms with Gasteiger partial charge in [-0.1, -0.05) is 18.2 Å². The zero-order valence-corrected chi connectivity index (χ0v) is 17.4. The number of carbonyl (C=O) groups is 1. The molecule has 160 valence electrons. The van der Waals surface area contributed by atoms with Crippen molar-refractivity contribution in [3.05, 3.63) is 36.2 Å². The Morgan fingerprint density at radius 3 is 2.71 bits per heavy atom. The third-order valence-electron chi connectivity index (χ3n) is 6.20. The van der Waals surface area contributed by atoms with Crippen LogP contribution >= 0.6 is 0 Å². The molecule has 9 nitrogen and oxygen atoms in total. The van der Waals surface area contributed by atoms with Crippen molar-refractivity contribution in [1.82, 2.24) is 29.9 Å². The van der Waals surface area contributed by atoms with Crippen LogP contribution in [0.5, 0.6) is 0 Å². The Labute approximate surface area is 179 Å². The largest absolute Gasteiger partial charge is 0.382 e. The molecule has 3 heterocycles. The highest BCUT2D eigenvalue weighted by molar-refractivity contribution is 5.91. The van der Waals surface area contributed by atoms with Gasteiger partial charge < -0.3 is 21.8 Å². The fourth-order valence-electron chi connectivity index (χ4n) is 4.63. The van der Waals surface area contributed by atoms with Crippen LogP contribution in [-0.4, -0.2) is 37.0 Å². The molecule has 0 radical (unpaired) electrons. The van der Waals surface area contributed by atoms with Gasteiger partial charge in [-0.25, -0.2) is 9.50 Å². The van der Waals surface area contributed by atoms with E-state index >= 15 is 0 Å². The summed E-state index contributed by atoms with van der Waals surface area (Å²) >= 11 is 0. The monoisotopic (exact) mass is 418 g/mol. The maximum atomic E-state index is 11.2. The second-order valence-corrected chi connectivity index (χ2v) is 8.36. The first-order valence-electron chi connectivity index (χ1n) is 10.6. The summed E-state index contributed by atoms with van der Waals surface area (Å²) in [6.07, 6.45) is 3.99. The summed E-state index contributed by atoms with van der Waals surface area (Å²) in [5, 5.41) is 8.50. The number of nitrogen functional groups attached to an aromatic ring is 2. The molecule has 0 unspecified atom stereocenters. The van der Waals surface area contributed by atoms with Gasteiger partial charge in [0, 0.05) is 30.3 Å². The fraction of sp³-hybridized carbons (Fsp3) is 0.364. The summed E-state index contributed by atoms with van der Waals surface area (Å²) in [5.41, 5.74) is 15.5. The highest BCUT2D eigenvalue weighted by Gasteiger charge is 2.29. The number of H-pyrrole nitrogens is 1. The lowest BCUT2D eigenvalue weighted by Gasteiger charge is -2.27. The van der Waals surface area contributed by atoms with Crippen molar-refractivity contribution in [2.24, 2.45) is 5.92 Å². The molecule has 0 spiro atoms. The van der Waals surface area contributed by atoms with E-state index in [1.165, 1.54) is 0 Å². The van der Waals surface area contributed by atoms with Crippen LogP contribution in [0.3, 0.4) is 0 Å². The van der Waals surface area contributed by atoms with Crippen LogP contribution in [0.2, 0.25) is 0 Å². The number of fused-ring (bicyclic) bond motifs is 2. The number of anilines is 2. The Morgan fingerprint density at radius 2 is 1.97 bits per heavy atom. The zero-order chi connectivity index (χ0) is 21.5. The number of hydrogen-bond acceptors (Lipinski definition) is 6. The van der Waals surface area contributed by atoms with Crippen molar-refractivity contribution in [3.63, 3.8) is 0 Å². The van der Waals surface area contributed by atoms with Gasteiger partial charge in [-0.05, 0) is 43.7 Å². The molecular formula is C22H26N8O. The summed E-state index contributed by atoms with van der Waals surface area (Å²) in [6, 6.07) is 10.2. The lowest BCUT2D eigenvalue weighted by molar-refractivity contribution is -0.119. The average Bonchev–Trinajstić information content (AvgIpc) is 3.34. The molecular weight excluding hydrogens is 392 g/mol. The smallest absolute Gasteiger partial charge is 0.240 e. The van der Waals surface area contributed by atoms with Crippen molar-refractivity contribution < 1.29 is 4.79 Å². The highest BCUT2D eigenvalue weighted by atomic mass is 16.1. The molecule has 1 fully saturated rings. The molecule has 9 heteroatoms. The summed E-state index contributed by atoms with van der Waals surface area (Å²) in [5.74, 6) is 2.07. The lowest BCUT2D eigenvalue weighted by atomic mass is 9.81. The number of aromatic amines is 1. The molecule has 0 aliphatic heterocycles. The first kappa shape index (κ1) is 19.3. The van der Waals surface area contributed by atoms with Crippen molar-refractivity contribution in [3.8, 4) is 11.4 Å². The minimum Gasteiger partial charge on any atom is -0.382 e. The van der Waals surface area contributed by atoms with Gasteiger partial charge in [0.25, 0.3) is 0 Å². The van der Waals surface area contributed by atoms with E-state index in [4.69, 9.17) is 16.5 Å². The molecule has 6 N–H and O–H groups in total. The molecule has 1 aliphatic rings. The quantitative estimate of drug-likeness (QED) is 0.402. The van der Waals surface area contributed by atoms with Crippen LogP contribution in [0.25, 0.3) is 27.8 Å². The normalized spacial score (nSPS) is 19.1. The third kappa shape index (κ3) is 3.56. The number of carbonyl (C=O) groups excluding carboxylic acids is 1. The SMILES string of the molecule is CC(=O)NCC1CCC(c2nc(-c3cc4ccccc4[nH]3)c3c(N)nc(N)nn23)CC1. The number of para-hydroxylation sites is 1. The van der Waals surface area contributed by atoms with Gasteiger partial charge in [0.05, 0.1) is 5.69 Å². The van der Waals surface area contributed by atoms with Crippen molar-refractivity contribution >= 4 is 34.1 Å². The molecule has 5 rings (SSSR count). The molecule has 1 aliphatic carbocycles. The van der Waals surface area contributed by atoms with Gasteiger partial charge in [0.2, 0.25) is 11.9 Å². The highest BCUT2D eigenvalue weighted by Crippen LogP contribution is 2.38. The molecule has 3 aromatic heterocycles. The van der Waals surface area contributed by atoms with E-state index < -0.39 is 0 Å². The van der Waals surface area contributed by atoms with Crippen LogP contribution in [-0.2, 0) is 4.79 Å². The molecule has 4 aromatic rings. The van der Waals surface area contributed by atoms with Gasteiger partial charge in [0.1, 0.15) is 17.0 Å². The van der Waals surface area contributed by atoms with Gasteiger partial charge in [-0.3, -0.25) is 4.79 Å². The second-order valence-electron chi connectivity index (χ2n) is 8.36. The van der Waals surface area contributed by atoms with Crippen LogP contribution < -0.4 is 16.8 Å². The number of hydrogen-bond donors (Lipinski definition) is 4. The third-order valence-corrected chi connectivity index (χ3v) is 6.20. The Kier molecular flexibility index (Phi) is 4.72. The van der Waals surface area contributed by atoms with Crippen molar-refractivity contribution in [1.29, 1.82) is 0 Å². The number of nitrogens with two attached hydrogens (primary N) is 2. The average molecular weight is 419 g/mol. The molecule has 1 amide bonds. The maximum Gasteiger partial charge on any atom is 0.240 e. The minimum absolute atomic E-state index is 0.0204. The van der Waals surface area contributed by atoms with E-state index in [-0.39, 0.29) is 17.8 Å². The number of rotatable bonds is 4. The topological polar surface area (TPSA) is 140 Å². The van der Waals surface area contributed by atoms with Crippen LogP contribution in [0.1, 0.15) is 44.3 Å². The van der Waals surface area contributed by atoms with E-state index in [1.54, 1.807) is 11.4 Å². The van der Waals surface area contributed by atoms with Gasteiger partial charge >= 0.3 is 0 Å². The Morgan fingerprint density at radius 1 is 1.19 bits per heavy atom. The number of imidazole rings is 1. The predicted molar refractivity (Wildman–Crippen MR) is 120 cm³/mol. The minimum atomic E-state index is 0.0204. The molecule has 1 saturated carbocycles. The Hall–Kier alpha value is -3.62. The summed E-state index contributed by atoms with van der Waals surface area (Å²) in [6.45, 7) is 2.29. The zero-order valence-electron chi connectivity index (χ0n) is 17.4. The van der Waals surface area contributed by atoms with E-state index in [0.29, 0.717) is 17.3 Å². The lowest BCUT2D eigenvalue weighted by Crippen LogP contribution is -2.29.